The molecule has 0 aliphatic heterocycles. The monoisotopic (exact) mass is 330 g/mol. The number of nitrogens with zero attached hydrogens (tertiary/aromatic N) is 2. The van der Waals surface area contributed by atoms with Gasteiger partial charge >= 0.3 is 6.03 Å². The molecule has 122 valence electrons. The van der Waals surface area contributed by atoms with Crippen molar-refractivity contribution >= 4 is 17.4 Å². The number of thiazole rings is 1. The van der Waals surface area contributed by atoms with Gasteiger partial charge in [0, 0.05) is 24.0 Å². The molecule has 2 aromatic heterocycles. The number of carbonyl (C=O) groups excluding carboxylic acids is 1. The number of amides is 2. The van der Waals surface area contributed by atoms with E-state index in [0.29, 0.717) is 13.1 Å². The van der Waals surface area contributed by atoms with E-state index in [0.717, 1.165) is 25.0 Å². The van der Waals surface area contributed by atoms with Crippen LogP contribution in [-0.2, 0) is 25.8 Å². The van der Waals surface area contributed by atoms with Crippen molar-refractivity contribution in [3.8, 4) is 0 Å². The van der Waals surface area contributed by atoms with Gasteiger partial charge in [0.15, 0.2) is 0 Å². The van der Waals surface area contributed by atoms with Gasteiger partial charge in [0.1, 0.15) is 0 Å². The van der Waals surface area contributed by atoms with Gasteiger partial charge in [-0.25, -0.2) is 9.78 Å². The number of pyridine rings is 1. The van der Waals surface area contributed by atoms with Crippen LogP contribution in [0.1, 0.15) is 40.5 Å². The summed E-state index contributed by atoms with van der Waals surface area (Å²) in [5.74, 6) is 0. The molecule has 3 rings (SSSR count). The van der Waals surface area contributed by atoms with E-state index in [1.807, 2.05) is 29.5 Å². The standard InChI is InChI=1S/C17H22N4OS/c22-17(20-12-13-6-3-4-10-18-13)19-11-5-9-16-21-14-7-1-2-8-15(14)23-16/h3-4,6,10H,1-2,5,7-9,11-12H2,(H2,19,20,22). The van der Waals surface area contributed by atoms with Crippen LogP contribution in [0.15, 0.2) is 24.4 Å². The van der Waals surface area contributed by atoms with Crippen molar-refractivity contribution in [1.29, 1.82) is 0 Å². The maximum absolute atomic E-state index is 11.7. The molecule has 0 unspecified atom stereocenters. The Labute approximate surface area is 140 Å². The normalized spacial score (nSPS) is 13.4. The highest BCUT2D eigenvalue weighted by Crippen LogP contribution is 2.27. The Bertz CT molecular complexity index is 618. The molecule has 5 nitrogen and oxygen atoms in total. The van der Waals surface area contributed by atoms with Gasteiger partial charge in [0.2, 0.25) is 0 Å². The predicted octanol–water partition coefficient (Wildman–Crippen LogP) is 2.85. The third-order valence-electron chi connectivity index (χ3n) is 3.90. The average molecular weight is 330 g/mol. The highest BCUT2D eigenvalue weighted by Gasteiger charge is 2.14. The van der Waals surface area contributed by atoms with Gasteiger partial charge < -0.3 is 10.6 Å². The summed E-state index contributed by atoms with van der Waals surface area (Å²) in [6.07, 6.45) is 8.49. The minimum absolute atomic E-state index is 0.144. The van der Waals surface area contributed by atoms with Crippen LogP contribution >= 0.6 is 11.3 Å². The molecule has 0 radical (unpaired) electrons. The molecule has 0 spiro atoms. The van der Waals surface area contributed by atoms with Gasteiger partial charge in [-0.15, -0.1) is 11.3 Å². The van der Waals surface area contributed by atoms with Crippen LogP contribution in [0.2, 0.25) is 0 Å². The Balaban J connectivity index is 1.33. The lowest BCUT2D eigenvalue weighted by Gasteiger charge is -2.06. The lowest BCUT2D eigenvalue weighted by Crippen LogP contribution is -2.35. The van der Waals surface area contributed by atoms with E-state index in [1.165, 1.54) is 34.8 Å². The van der Waals surface area contributed by atoms with E-state index in [9.17, 15) is 4.79 Å². The molecule has 6 heteroatoms. The minimum atomic E-state index is -0.144. The van der Waals surface area contributed by atoms with Crippen molar-refractivity contribution in [2.24, 2.45) is 0 Å². The van der Waals surface area contributed by atoms with Crippen LogP contribution in [-0.4, -0.2) is 22.5 Å². The molecule has 0 bridgehead atoms. The van der Waals surface area contributed by atoms with E-state index < -0.39 is 0 Å². The molecular formula is C17H22N4OS. The van der Waals surface area contributed by atoms with Crippen LogP contribution in [0, 0.1) is 0 Å². The molecule has 2 heterocycles. The van der Waals surface area contributed by atoms with Crippen LogP contribution < -0.4 is 10.6 Å². The Hall–Kier alpha value is -1.95. The third-order valence-corrected chi connectivity index (χ3v) is 5.12. The van der Waals surface area contributed by atoms with Gasteiger partial charge in [-0.3, -0.25) is 4.98 Å². The van der Waals surface area contributed by atoms with E-state index >= 15 is 0 Å². The van der Waals surface area contributed by atoms with E-state index in [2.05, 4.69) is 15.6 Å². The maximum Gasteiger partial charge on any atom is 0.315 e. The Morgan fingerprint density at radius 1 is 1.22 bits per heavy atom. The van der Waals surface area contributed by atoms with Crippen LogP contribution in [0.3, 0.4) is 0 Å². The van der Waals surface area contributed by atoms with E-state index in [-0.39, 0.29) is 6.03 Å². The second kappa shape index (κ2) is 8.06. The molecule has 23 heavy (non-hydrogen) atoms. The summed E-state index contributed by atoms with van der Waals surface area (Å²) < 4.78 is 0. The summed E-state index contributed by atoms with van der Waals surface area (Å²) in [6.45, 7) is 1.12. The van der Waals surface area contributed by atoms with Gasteiger partial charge in [0.05, 0.1) is 22.9 Å². The van der Waals surface area contributed by atoms with Crippen LogP contribution in [0.4, 0.5) is 4.79 Å². The van der Waals surface area contributed by atoms with E-state index in [4.69, 9.17) is 4.98 Å². The highest BCUT2D eigenvalue weighted by atomic mass is 32.1. The Morgan fingerprint density at radius 3 is 2.96 bits per heavy atom. The molecule has 0 atom stereocenters. The maximum atomic E-state index is 11.7. The number of aryl methyl sites for hydroxylation is 3. The zero-order chi connectivity index (χ0) is 15.9. The second-order valence-corrected chi connectivity index (χ2v) is 6.89. The number of rotatable bonds is 6. The zero-order valence-corrected chi connectivity index (χ0v) is 14.0. The SMILES string of the molecule is O=C(NCCCc1nc2c(s1)CCCC2)NCc1ccccn1. The summed E-state index contributed by atoms with van der Waals surface area (Å²) in [7, 11) is 0. The second-order valence-electron chi connectivity index (χ2n) is 5.72. The number of urea groups is 1. The van der Waals surface area contributed by atoms with Crippen molar-refractivity contribution in [2.75, 3.05) is 6.54 Å². The first-order valence-corrected chi connectivity index (χ1v) is 9.02. The fourth-order valence-corrected chi connectivity index (χ4v) is 3.89. The third kappa shape index (κ3) is 4.76. The van der Waals surface area contributed by atoms with E-state index in [1.54, 1.807) is 6.20 Å². The van der Waals surface area contributed by atoms with Crippen LogP contribution in [0.25, 0.3) is 0 Å². The van der Waals surface area contributed by atoms with Crippen molar-refractivity contribution in [3.63, 3.8) is 0 Å². The summed E-state index contributed by atoms with van der Waals surface area (Å²) in [6, 6.07) is 5.52. The van der Waals surface area contributed by atoms with Crippen molar-refractivity contribution in [3.05, 3.63) is 45.7 Å². The molecule has 2 aromatic rings. The van der Waals surface area contributed by atoms with Crippen molar-refractivity contribution in [1.82, 2.24) is 20.6 Å². The molecule has 0 aromatic carbocycles. The predicted molar refractivity (Wildman–Crippen MR) is 91.6 cm³/mol. The molecule has 0 fully saturated rings. The van der Waals surface area contributed by atoms with Crippen LogP contribution in [0.5, 0.6) is 0 Å². The molecule has 0 saturated carbocycles. The quantitative estimate of drug-likeness (QED) is 0.800. The number of hydrogen-bond donors (Lipinski definition) is 2. The lowest BCUT2D eigenvalue weighted by atomic mass is 10.0. The van der Waals surface area contributed by atoms with Gasteiger partial charge in [-0.2, -0.15) is 0 Å². The minimum Gasteiger partial charge on any atom is -0.338 e. The number of hydrogen-bond acceptors (Lipinski definition) is 4. The first kappa shape index (κ1) is 15.9. The fraction of sp³-hybridized carbons (Fsp3) is 0.471. The topological polar surface area (TPSA) is 66.9 Å². The number of carbonyl (C=O) groups is 1. The number of fused-ring (bicyclic) bond motifs is 1. The lowest BCUT2D eigenvalue weighted by molar-refractivity contribution is 0.240. The van der Waals surface area contributed by atoms with Gasteiger partial charge in [-0.05, 0) is 44.2 Å². The molecule has 1 aliphatic carbocycles. The van der Waals surface area contributed by atoms with Crippen molar-refractivity contribution in [2.45, 2.75) is 45.1 Å². The van der Waals surface area contributed by atoms with Crippen molar-refractivity contribution < 1.29 is 4.79 Å². The number of aromatic nitrogens is 2. The first-order chi connectivity index (χ1) is 11.3. The van der Waals surface area contributed by atoms with Gasteiger partial charge in [-0.1, -0.05) is 6.07 Å². The zero-order valence-electron chi connectivity index (χ0n) is 13.2. The Kier molecular flexibility index (Phi) is 5.58. The first-order valence-electron chi connectivity index (χ1n) is 8.20. The van der Waals surface area contributed by atoms with Gasteiger partial charge in [0.25, 0.3) is 0 Å². The summed E-state index contributed by atoms with van der Waals surface area (Å²) in [4.78, 5) is 22.1. The summed E-state index contributed by atoms with van der Waals surface area (Å²) in [5.41, 5.74) is 2.17. The summed E-state index contributed by atoms with van der Waals surface area (Å²) in [5, 5.41) is 6.91. The highest BCUT2D eigenvalue weighted by molar-refractivity contribution is 7.11. The fourth-order valence-electron chi connectivity index (χ4n) is 2.69. The number of nitrogens with one attached hydrogen (secondary N) is 2. The molecule has 2 amide bonds. The smallest absolute Gasteiger partial charge is 0.315 e. The molecule has 2 N–H and O–H groups in total. The molecule has 0 saturated heterocycles. The largest absolute Gasteiger partial charge is 0.338 e. The molecular weight excluding hydrogens is 308 g/mol. The molecule has 1 aliphatic rings. The Morgan fingerprint density at radius 2 is 2.13 bits per heavy atom. The summed E-state index contributed by atoms with van der Waals surface area (Å²) >= 11 is 1.85. The average Bonchev–Trinajstić information content (AvgIpc) is 3.00.